The van der Waals surface area contributed by atoms with E-state index in [1.807, 2.05) is 24.3 Å². The van der Waals surface area contributed by atoms with Gasteiger partial charge in [0.15, 0.2) is 0 Å². The van der Waals surface area contributed by atoms with Crippen LogP contribution in [0, 0.1) is 10.1 Å². The molecule has 0 aliphatic carbocycles. The Morgan fingerprint density at radius 1 is 1.33 bits per heavy atom. The van der Waals surface area contributed by atoms with Crippen molar-refractivity contribution in [3.8, 4) is 5.75 Å². The number of amides is 1. The second-order valence-corrected chi connectivity index (χ2v) is 6.32. The molecule has 0 aliphatic heterocycles. The van der Waals surface area contributed by atoms with E-state index in [0.29, 0.717) is 13.2 Å². The molecule has 0 unspecified atom stereocenters. The third-order valence-corrected chi connectivity index (χ3v) is 3.82. The van der Waals surface area contributed by atoms with Crippen molar-refractivity contribution in [2.75, 3.05) is 25.5 Å². The summed E-state index contributed by atoms with van der Waals surface area (Å²) in [7, 11) is 1.79. The number of rotatable bonds is 9. The molecule has 2 aromatic rings. The average Bonchev–Trinajstić information content (AvgIpc) is 2.62. The summed E-state index contributed by atoms with van der Waals surface area (Å²) in [6, 6.07) is 11.6. The number of carbonyl (C=O) groups excluding carboxylic acids is 1. The van der Waals surface area contributed by atoms with Crippen LogP contribution in [0.5, 0.6) is 5.75 Å². The zero-order valence-corrected chi connectivity index (χ0v) is 15.6. The van der Waals surface area contributed by atoms with E-state index in [2.05, 4.69) is 11.9 Å². The Kier molecular flexibility index (Phi) is 7.34. The van der Waals surface area contributed by atoms with Gasteiger partial charge in [-0.2, -0.15) is 0 Å². The molecule has 142 valence electrons. The number of hydrogen-bond donors (Lipinski definition) is 1. The fourth-order valence-corrected chi connectivity index (χ4v) is 2.58. The molecule has 8 heteroatoms. The van der Waals surface area contributed by atoms with Crippen LogP contribution in [-0.4, -0.2) is 35.9 Å². The predicted molar refractivity (Wildman–Crippen MR) is 105 cm³/mol. The monoisotopic (exact) mass is 389 g/mol. The van der Waals surface area contributed by atoms with E-state index in [9.17, 15) is 14.9 Å². The first-order valence-electron chi connectivity index (χ1n) is 8.14. The molecule has 1 amide bonds. The quantitative estimate of drug-likeness (QED) is 0.399. The van der Waals surface area contributed by atoms with Crippen molar-refractivity contribution in [2.45, 2.75) is 6.54 Å². The Morgan fingerprint density at radius 2 is 2.04 bits per heavy atom. The Morgan fingerprint density at radius 3 is 2.67 bits per heavy atom. The van der Waals surface area contributed by atoms with Gasteiger partial charge >= 0.3 is 0 Å². The number of likely N-dealkylation sites (N-methyl/N-ethyl adjacent to an activating group) is 1. The molecule has 0 heterocycles. The highest BCUT2D eigenvalue weighted by atomic mass is 35.5. The van der Waals surface area contributed by atoms with Crippen molar-refractivity contribution in [2.24, 2.45) is 0 Å². The Bertz CT molecular complexity index is 824. The maximum absolute atomic E-state index is 12.2. The molecular weight excluding hydrogens is 370 g/mol. The highest BCUT2D eigenvalue weighted by Gasteiger charge is 2.17. The van der Waals surface area contributed by atoms with Crippen LogP contribution in [0.3, 0.4) is 0 Å². The molecule has 1 N–H and O–H groups in total. The second-order valence-electron chi connectivity index (χ2n) is 5.88. The molecule has 0 aromatic heterocycles. The van der Waals surface area contributed by atoms with E-state index in [1.165, 1.54) is 18.2 Å². The van der Waals surface area contributed by atoms with Gasteiger partial charge < -0.3 is 10.1 Å². The van der Waals surface area contributed by atoms with E-state index in [4.69, 9.17) is 16.3 Å². The van der Waals surface area contributed by atoms with Crippen molar-refractivity contribution in [1.29, 1.82) is 0 Å². The number of anilines is 1. The van der Waals surface area contributed by atoms with Crippen LogP contribution < -0.4 is 10.1 Å². The fraction of sp³-hybridized carbons (Fsp3) is 0.211. The van der Waals surface area contributed by atoms with E-state index >= 15 is 0 Å². The number of nitrogens with one attached hydrogen (secondary N) is 1. The molecule has 0 spiro atoms. The SMILES string of the molecule is C=CCOc1ccc(CN(C)CC(=O)Nc2ccc(Cl)cc2[N+](=O)[O-])cc1. The highest BCUT2D eigenvalue weighted by Crippen LogP contribution is 2.27. The number of carbonyl (C=O) groups is 1. The average molecular weight is 390 g/mol. The van der Waals surface area contributed by atoms with Gasteiger partial charge in [-0.05, 0) is 36.9 Å². The number of halogens is 1. The topological polar surface area (TPSA) is 84.7 Å². The lowest BCUT2D eigenvalue weighted by Gasteiger charge is -2.16. The summed E-state index contributed by atoms with van der Waals surface area (Å²) in [6.07, 6.45) is 1.67. The van der Waals surface area contributed by atoms with E-state index < -0.39 is 4.92 Å². The number of nitrogens with zero attached hydrogens (tertiary/aromatic N) is 2. The van der Waals surface area contributed by atoms with Gasteiger partial charge in [0.05, 0.1) is 11.5 Å². The molecule has 0 bridgehead atoms. The molecule has 0 radical (unpaired) electrons. The zero-order chi connectivity index (χ0) is 19.8. The van der Waals surface area contributed by atoms with E-state index in [0.717, 1.165) is 11.3 Å². The van der Waals surface area contributed by atoms with Crippen LogP contribution in [0.4, 0.5) is 11.4 Å². The minimum Gasteiger partial charge on any atom is -0.490 e. The van der Waals surface area contributed by atoms with Crippen molar-refractivity contribution >= 4 is 28.9 Å². The summed E-state index contributed by atoms with van der Waals surface area (Å²) >= 11 is 5.77. The largest absolute Gasteiger partial charge is 0.490 e. The standard InChI is InChI=1S/C19H20ClN3O4/c1-3-10-27-16-7-4-14(5-8-16)12-22(2)13-19(24)21-17-9-6-15(20)11-18(17)23(25)26/h3-9,11H,1,10,12-13H2,2H3,(H,21,24). The number of hydrogen-bond acceptors (Lipinski definition) is 5. The molecule has 2 aromatic carbocycles. The Hall–Kier alpha value is -2.90. The molecule has 0 aliphatic rings. The van der Waals surface area contributed by atoms with E-state index in [-0.39, 0.29) is 28.8 Å². The smallest absolute Gasteiger partial charge is 0.294 e. The normalized spacial score (nSPS) is 10.5. The molecule has 0 atom stereocenters. The van der Waals surface area contributed by atoms with Crippen molar-refractivity contribution < 1.29 is 14.5 Å². The molecular formula is C19H20ClN3O4. The minimum atomic E-state index is -0.582. The maximum atomic E-state index is 12.2. The van der Waals surface area contributed by atoms with Crippen LogP contribution in [0.15, 0.2) is 55.1 Å². The van der Waals surface area contributed by atoms with Gasteiger partial charge in [0, 0.05) is 17.6 Å². The molecule has 0 saturated heterocycles. The van der Waals surface area contributed by atoms with Crippen LogP contribution in [-0.2, 0) is 11.3 Å². The molecule has 0 fully saturated rings. The Balaban J connectivity index is 1.92. The zero-order valence-electron chi connectivity index (χ0n) is 14.9. The van der Waals surface area contributed by atoms with Crippen molar-refractivity contribution in [3.05, 3.63) is 75.8 Å². The first-order valence-corrected chi connectivity index (χ1v) is 8.52. The summed E-state index contributed by atoms with van der Waals surface area (Å²) in [6.45, 7) is 4.65. The highest BCUT2D eigenvalue weighted by molar-refractivity contribution is 6.31. The number of ether oxygens (including phenoxy) is 1. The van der Waals surface area contributed by atoms with Gasteiger partial charge in [-0.25, -0.2) is 0 Å². The van der Waals surface area contributed by atoms with E-state index in [1.54, 1.807) is 18.0 Å². The van der Waals surface area contributed by atoms with Gasteiger partial charge in [-0.3, -0.25) is 19.8 Å². The van der Waals surface area contributed by atoms with Gasteiger partial charge in [-0.15, -0.1) is 0 Å². The summed E-state index contributed by atoms with van der Waals surface area (Å²) < 4.78 is 5.42. The van der Waals surface area contributed by atoms with Crippen LogP contribution in [0.1, 0.15) is 5.56 Å². The summed E-state index contributed by atoms with van der Waals surface area (Å²) in [5, 5.41) is 13.9. The molecule has 7 nitrogen and oxygen atoms in total. The fourth-order valence-electron chi connectivity index (χ4n) is 2.41. The first kappa shape index (κ1) is 20.4. The molecule has 2 rings (SSSR count). The van der Waals surface area contributed by atoms with Crippen molar-refractivity contribution in [1.82, 2.24) is 4.90 Å². The van der Waals surface area contributed by atoms with Crippen molar-refractivity contribution in [3.63, 3.8) is 0 Å². The summed E-state index contributed by atoms with van der Waals surface area (Å²) in [5.41, 5.74) is 0.883. The maximum Gasteiger partial charge on any atom is 0.294 e. The lowest BCUT2D eigenvalue weighted by Crippen LogP contribution is -2.30. The van der Waals surface area contributed by atoms with Crippen LogP contribution in [0.2, 0.25) is 5.02 Å². The third kappa shape index (κ3) is 6.40. The van der Waals surface area contributed by atoms with Gasteiger partial charge in [0.25, 0.3) is 5.69 Å². The second kappa shape index (κ2) is 9.70. The van der Waals surface area contributed by atoms with Crippen LogP contribution in [0.25, 0.3) is 0 Å². The minimum absolute atomic E-state index is 0.0779. The van der Waals surface area contributed by atoms with Gasteiger partial charge in [-0.1, -0.05) is 36.4 Å². The third-order valence-electron chi connectivity index (χ3n) is 3.59. The summed E-state index contributed by atoms with van der Waals surface area (Å²) in [4.78, 5) is 24.5. The number of benzene rings is 2. The van der Waals surface area contributed by atoms with Gasteiger partial charge in [0.2, 0.25) is 5.91 Å². The molecule has 27 heavy (non-hydrogen) atoms. The number of nitro benzene ring substituents is 1. The first-order chi connectivity index (χ1) is 12.9. The molecule has 0 saturated carbocycles. The summed E-state index contributed by atoms with van der Waals surface area (Å²) in [5.74, 6) is 0.392. The predicted octanol–water partition coefficient (Wildman–Crippen LogP) is 3.88. The number of nitro groups is 1. The van der Waals surface area contributed by atoms with Gasteiger partial charge in [0.1, 0.15) is 18.0 Å². The lowest BCUT2D eigenvalue weighted by molar-refractivity contribution is -0.383. The lowest BCUT2D eigenvalue weighted by atomic mass is 10.2. The van der Waals surface area contributed by atoms with Crippen LogP contribution >= 0.6 is 11.6 Å². The Labute approximate surface area is 162 Å².